The number of amides is 1. The number of carbonyl (C=O) groups is 1. The average molecular weight is 369 g/mol. The molecule has 1 rings (SSSR count). The Kier molecular flexibility index (Phi) is 8.74. The Hall–Kier alpha value is -1.31. The van der Waals surface area contributed by atoms with E-state index in [4.69, 9.17) is 5.73 Å². The fourth-order valence-corrected chi connectivity index (χ4v) is 1.73. The van der Waals surface area contributed by atoms with Gasteiger partial charge in [-0.1, -0.05) is 45.0 Å². The van der Waals surface area contributed by atoms with E-state index in [1.54, 1.807) is 24.3 Å². The van der Waals surface area contributed by atoms with Crippen LogP contribution in [0.5, 0.6) is 0 Å². The summed E-state index contributed by atoms with van der Waals surface area (Å²) in [6.45, 7) is 4.58. The van der Waals surface area contributed by atoms with E-state index in [2.05, 4.69) is 10.1 Å². The fraction of sp³-hybridized carbons (Fsp3) is 0.562. The Morgan fingerprint density at radius 1 is 1.17 bits per heavy atom. The summed E-state index contributed by atoms with van der Waals surface area (Å²) in [5.74, 6) is -0.241. The molecule has 4 nitrogen and oxygen atoms in total. The van der Waals surface area contributed by atoms with Gasteiger partial charge in [0.25, 0.3) is 0 Å². The molecule has 1 amide bonds. The van der Waals surface area contributed by atoms with Gasteiger partial charge in [0.05, 0.1) is 12.6 Å². The molecule has 1 aromatic rings. The summed E-state index contributed by atoms with van der Waals surface area (Å²) in [6.07, 6.45) is -4.32. The molecular weight excluding hydrogens is 345 g/mol. The van der Waals surface area contributed by atoms with Crippen molar-refractivity contribution in [3.63, 3.8) is 0 Å². The Bertz CT molecular complexity index is 514. The minimum Gasteiger partial charge on any atom is -0.367 e. The van der Waals surface area contributed by atoms with Crippen molar-refractivity contribution in [2.45, 2.75) is 46.1 Å². The molecule has 1 atom stereocenters. The number of alkyl halides is 3. The van der Waals surface area contributed by atoms with Crippen LogP contribution in [0.4, 0.5) is 13.2 Å². The van der Waals surface area contributed by atoms with Crippen molar-refractivity contribution < 1.29 is 22.7 Å². The molecular formula is C16H24ClF3N2O2. The zero-order chi connectivity index (χ0) is 17.7. The summed E-state index contributed by atoms with van der Waals surface area (Å²) in [4.78, 5) is 11.9. The van der Waals surface area contributed by atoms with Crippen molar-refractivity contribution in [3.05, 3.63) is 35.4 Å². The number of nitrogens with one attached hydrogen (secondary N) is 1. The second-order valence-corrected chi connectivity index (χ2v) is 6.49. The first-order chi connectivity index (χ1) is 10.5. The second-order valence-electron chi connectivity index (χ2n) is 6.49. The molecule has 0 aliphatic heterocycles. The fourth-order valence-electron chi connectivity index (χ4n) is 1.73. The van der Waals surface area contributed by atoms with Gasteiger partial charge in [0, 0.05) is 6.54 Å². The van der Waals surface area contributed by atoms with Gasteiger partial charge in [-0.15, -0.1) is 12.4 Å². The Morgan fingerprint density at radius 3 is 2.12 bits per heavy atom. The first-order valence-electron chi connectivity index (χ1n) is 7.24. The van der Waals surface area contributed by atoms with Crippen LogP contribution in [0, 0.1) is 5.41 Å². The summed E-state index contributed by atoms with van der Waals surface area (Å²) in [7, 11) is 0. The van der Waals surface area contributed by atoms with Crippen molar-refractivity contribution in [1.82, 2.24) is 5.32 Å². The van der Waals surface area contributed by atoms with Gasteiger partial charge >= 0.3 is 6.18 Å². The van der Waals surface area contributed by atoms with E-state index >= 15 is 0 Å². The number of hydrogen-bond acceptors (Lipinski definition) is 3. The molecule has 0 aliphatic rings. The van der Waals surface area contributed by atoms with Gasteiger partial charge in [-0.25, -0.2) is 0 Å². The highest BCUT2D eigenvalue weighted by molar-refractivity contribution is 5.85. The summed E-state index contributed by atoms with van der Waals surface area (Å²) in [5.41, 5.74) is 6.99. The zero-order valence-corrected chi connectivity index (χ0v) is 14.8. The predicted octanol–water partition coefficient (Wildman–Crippen LogP) is 3.18. The van der Waals surface area contributed by atoms with Gasteiger partial charge in [-0.3, -0.25) is 4.79 Å². The van der Waals surface area contributed by atoms with Crippen LogP contribution in [0.15, 0.2) is 24.3 Å². The Labute approximate surface area is 146 Å². The van der Waals surface area contributed by atoms with Crippen LogP contribution in [0.3, 0.4) is 0 Å². The summed E-state index contributed by atoms with van der Waals surface area (Å²) in [6, 6.07) is 6.19. The van der Waals surface area contributed by atoms with Crippen LogP contribution in [0.2, 0.25) is 0 Å². The number of hydrogen-bond donors (Lipinski definition) is 2. The molecule has 138 valence electrons. The molecule has 0 heterocycles. The van der Waals surface area contributed by atoms with E-state index in [1.165, 1.54) is 0 Å². The van der Waals surface area contributed by atoms with Gasteiger partial charge in [0.2, 0.25) is 5.91 Å². The van der Waals surface area contributed by atoms with Crippen molar-refractivity contribution in [1.29, 1.82) is 0 Å². The summed E-state index contributed by atoms with van der Waals surface area (Å²) in [5, 5.41) is 2.74. The zero-order valence-electron chi connectivity index (χ0n) is 13.9. The highest BCUT2D eigenvalue weighted by Gasteiger charge is 2.28. The molecule has 0 aromatic heterocycles. The standard InChI is InChI=1S/C16H23F3N2O2.ClH/c1-15(2,3)13(20)14(22)21-8-11-4-6-12(7-5-11)9-23-10-16(17,18)19;/h4-7,13H,8-10,20H2,1-3H3,(H,21,22);1H/t13-;/m1./s1. The van der Waals surface area contributed by atoms with Crippen LogP contribution in [0.25, 0.3) is 0 Å². The van der Waals surface area contributed by atoms with Gasteiger partial charge in [0.15, 0.2) is 0 Å². The number of carbonyl (C=O) groups excluding carboxylic acids is 1. The van der Waals surface area contributed by atoms with E-state index in [-0.39, 0.29) is 30.3 Å². The molecule has 0 aliphatic carbocycles. The van der Waals surface area contributed by atoms with Gasteiger partial charge in [-0.05, 0) is 16.5 Å². The van der Waals surface area contributed by atoms with Gasteiger partial charge in [0.1, 0.15) is 6.61 Å². The van der Waals surface area contributed by atoms with Gasteiger partial charge in [-0.2, -0.15) is 13.2 Å². The maximum absolute atomic E-state index is 12.0. The molecule has 0 saturated carbocycles. The van der Waals surface area contributed by atoms with Crippen molar-refractivity contribution >= 4 is 18.3 Å². The minimum absolute atomic E-state index is 0. The van der Waals surface area contributed by atoms with E-state index in [1.807, 2.05) is 20.8 Å². The third-order valence-electron chi connectivity index (χ3n) is 3.24. The number of halogens is 4. The number of rotatable bonds is 6. The third-order valence-corrected chi connectivity index (χ3v) is 3.24. The highest BCUT2D eigenvalue weighted by atomic mass is 35.5. The lowest BCUT2D eigenvalue weighted by Crippen LogP contribution is -2.48. The molecule has 0 saturated heterocycles. The van der Waals surface area contributed by atoms with Crippen molar-refractivity contribution in [3.8, 4) is 0 Å². The molecule has 0 spiro atoms. The predicted molar refractivity (Wildman–Crippen MR) is 88.7 cm³/mol. The maximum atomic E-state index is 12.0. The largest absolute Gasteiger partial charge is 0.411 e. The molecule has 0 fully saturated rings. The molecule has 0 bridgehead atoms. The van der Waals surface area contributed by atoms with Crippen LogP contribution >= 0.6 is 12.4 Å². The van der Waals surface area contributed by atoms with E-state index < -0.39 is 18.8 Å². The Morgan fingerprint density at radius 2 is 1.67 bits per heavy atom. The second kappa shape index (κ2) is 9.25. The summed E-state index contributed by atoms with van der Waals surface area (Å²) >= 11 is 0. The van der Waals surface area contributed by atoms with E-state index in [0.29, 0.717) is 12.1 Å². The van der Waals surface area contributed by atoms with Gasteiger partial charge < -0.3 is 15.8 Å². The smallest absolute Gasteiger partial charge is 0.367 e. The van der Waals surface area contributed by atoms with E-state index in [9.17, 15) is 18.0 Å². The first-order valence-corrected chi connectivity index (χ1v) is 7.24. The quantitative estimate of drug-likeness (QED) is 0.810. The van der Waals surface area contributed by atoms with Crippen molar-refractivity contribution in [2.75, 3.05) is 6.61 Å². The lowest BCUT2D eigenvalue weighted by Gasteiger charge is -2.25. The van der Waals surface area contributed by atoms with Crippen LogP contribution in [-0.4, -0.2) is 24.7 Å². The van der Waals surface area contributed by atoms with Crippen LogP contribution in [-0.2, 0) is 22.7 Å². The number of benzene rings is 1. The normalized spacial score (nSPS) is 13.1. The van der Waals surface area contributed by atoms with E-state index in [0.717, 1.165) is 5.56 Å². The topological polar surface area (TPSA) is 64.4 Å². The SMILES string of the molecule is CC(C)(C)[C@H](N)C(=O)NCc1ccc(COCC(F)(F)F)cc1.Cl. The lowest BCUT2D eigenvalue weighted by atomic mass is 9.87. The van der Waals surface area contributed by atoms with Crippen LogP contribution in [0.1, 0.15) is 31.9 Å². The molecule has 0 radical (unpaired) electrons. The minimum atomic E-state index is -4.32. The molecule has 0 unspecified atom stereocenters. The molecule has 8 heteroatoms. The van der Waals surface area contributed by atoms with Crippen LogP contribution < -0.4 is 11.1 Å². The third kappa shape index (κ3) is 8.52. The number of nitrogens with two attached hydrogens (primary N) is 1. The molecule has 3 N–H and O–H groups in total. The Balaban J connectivity index is 0.00000529. The first kappa shape index (κ1) is 22.7. The molecule has 24 heavy (non-hydrogen) atoms. The average Bonchev–Trinajstić information content (AvgIpc) is 2.43. The lowest BCUT2D eigenvalue weighted by molar-refractivity contribution is -0.176. The summed E-state index contributed by atoms with van der Waals surface area (Å²) < 4.78 is 40.5. The maximum Gasteiger partial charge on any atom is 0.411 e. The highest BCUT2D eigenvalue weighted by Crippen LogP contribution is 2.18. The van der Waals surface area contributed by atoms with Crippen molar-refractivity contribution in [2.24, 2.45) is 11.1 Å². The molecule has 1 aromatic carbocycles. The monoisotopic (exact) mass is 368 g/mol. The number of ether oxygens (including phenoxy) is 1.